The topological polar surface area (TPSA) is 3.24 Å². The highest BCUT2D eigenvalue weighted by Gasteiger charge is 2.28. The summed E-state index contributed by atoms with van der Waals surface area (Å²) in [6.07, 6.45) is -8.03. The molecule has 0 unspecified atom stereocenters. The van der Waals surface area contributed by atoms with Gasteiger partial charge in [-0.2, -0.15) is 13.2 Å². The minimum Gasteiger partial charge on any atom is -0.296 e. The van der Waals surface area contributed by atoms with Crippen molar-refractivity contribution in [1.82, 2.24) is 4.90 Å². The second-order valence-corrected chi connectivity index (χ2v) is 3.12. The molecule has 0 aliphatic carbocycles. The monoisotopic (exact) mass is 239 g/mol. The summed E-state index contributed by atoms with van der Waals surface area (Å²) in [5, 5.41) is 0. The average Bonchev–Trinajstić information content (AvgIpc) is 1.98. The molecule has 0 rings (SSSR count). The third kappa shape index (κ3) is 8.50. The summed E-state index contributed by atoms with van der Waals surface area (Å²) < 4.78 is 59.0. The second kappa shape index (κ2) is 6.40. The molecule has 0 aromatic rings. The van der Waals surface area contributed by atoms with E-state index in [1.807, 2.05) is 0 Å². The maximum atomic E-state index is 11.9. The summed E-state index contributed by atoms with van der Waals surface area (Å²) in [6.45, 7) is -1.05. The van der Waals surface area contributed by atoms with Crippen LogP contribution in [0.25, 0.3) is 0 Å². The molecule has 0 aliphatic heterocycles. The Morgan fingerprint density at radius 1 is 1.14 bits per heavy atom. The molecule has 1 nitrogen and oxygen atoms in total. The van der Waals surface area contributed by atoms with E-state index in [1.165, 1.54) is 0 Å². The van der Waals surface area contributed by atoms with Crippen LogP contribution in [0.15, 0.2) is 0 Å². The highest BCUT2D eigenvalue weighted by Crippen LogP contribution is 2.19. The van der Waals surface area contributed by atoms with Crippen LogP contribution < -0.4 is 0 Å². The van der Waals surface area contributed by atoms with Gasteiger partial charge >= 0.3 is 6.18 Å². The van der Waals surface area contributed by atoms with Crippen LogP contribution in [-0.4, -0.2) is 43.0 Å². The van der Waals surface area contributed by atoms with Crippen molar-refractivity contribution in [2.24, 2.45) is 0 Å². The molecule has 14 heavy (non-hydrogen) atoms. The Morgan fingerprint density at radius 3 is 2.07 bits per heavy atom. The second-order valence-electron chi connectivity index (χ2n) is 2.75. The number of halogens is 6. The molecule has 0 amide bonds. The van der Waals surface area contributed by atoms with Crippen molar-refractivity contribution in [2.45, 2.75) is 19.0 Å². The molecule has 0 bridgehead atoms. The normalized spacial score (nSPS) is 12.9. The number of hydrogen-bond donors (Lipinski definition) is 0. The van der Waals surface area contributed by atoms with Crippen molar-refractivity contribution in [3.8, 4) is 0 Å². The van der Waals surface area contributed by atoms with E-state index in [0.29, 0.717) is 0 Å². The van der Waals surface area contributed by atoms with E-state index in [4.69, 9.17) is 11.6 Å². The highest BCUT2D eigenvalue weighted by atomic mass is 35.5. The fourth-order valence-electron chi connectivity index (χ4n) is 0.894. The molecule has 0 aliphatic rings. The smallest absolute Gasteiger partial charge is 0.296 e. The third-order valence-corrected chi connectivity index (χ3v) is 1.68. The van der Waals surface area contributed by atoms with Crippen molar-refractivity contribution in [1.29, 1.82) is 0 Å². The van der Waals surface area contributed by atoms with Crippen LogP contribution in [0, 0.1) is 0 Å². The molecular weight excluding hydrogens is 229 g/mol. The van der Waals surface area contributed by atoms with Crippen LogP contribution in [0.1, 0.15) is 6.42 Å². The van der Waals surface area contributed by atoms with Gasteiger partial charge in [-0.1, -0.05) is 0 Å². The lowest BCUT2D eigenvalue weighted by Gasteiger charge is -2.21. The Hall–Kier alpha value is -0.100. The number of rotatable bonds is 6. The van der Waals surface area contributed by atoms with Crippen LogP contribution in [0.3, 0.4) is 0 Å². The van der Waals surface area contributed by atoms with Crippen molar-refractivity contribution >= 4 is 11.6 Å². The van der Waals surface area contributed by atoms with Crippen LogP contribution in [0.4, 0.5) is 22.0 Å². The summed E-state index contributed by atoms with van der Waals surface area (Å²) in [4.78, 5) is 1.01. The molecule has 0 aromatic carbocycles. The van der Waals surface area contributed by atoms with Gasteiger partial charge in [0.15, 0.2) is 0 Å². The van der Waals surface area contributed by atoms with Gasteiger partial charge in [-0.15, -0.1) is 11.6 Å². The standard InChI is InChI=1S/C7H11ClF5N/c8-2-4-14(5-6(9)10)3-1-7(11,12)13/h6H,1-5H2. The predicted molar refractivity (Wildman–Crippen MR) is 43.8 cm³/mol. The zero-order valence-corrected chi connectivity index (χ0v) is 8.08. The van der Waals surface area contributed by atoms with Crippen molar-refractivity contribution in [2.75, 3.05) is 25.5 Å². The van der Waals surface area contributed by atoms with E-state index >= 15 is 0 Å². The summed E-state index contributed by atoms with van der Waals surface area (Å²) in [6, 6.07) is 0. The Balaban J connectivity index is 3.84. The van der Waals surface area contributed by atoms with Gasteiger partial charge in [0.1, 0.15) is 0 Å². The Kier molecular flexibility index (Phi) is 6.35. The molecular formula is C7H11ClF5N. The van der Waals surface area contributed by atoms with E-state index in [2.05, 4.69) is 0 Å². The van der Waals surface area contributed by atoms with Crippen molar-refractivity contribution in [3.63, 3.8) is 0 Å². The maximum Gasteiger partial charge on any atom is 0.390 e. The largest absolute Gasteiger partial charge is 0.390 e. The fraction of sp³-hybridized carbons (Fsp3) is 1.00. The first kappa shape index (κ1) is 13.9. The zero-order valence-electron chi connectivity index (χ0n) is 7.33. The zero-order chi connectivity index (χ0) is 11.2. The summed E-state index contributed by atoms with van der Waals surface area (Å²) >= 11 is 5.26. The van der Waals surface area contributed by atoms with Crippen LogP contribution in [-0.2, 0) is 0 Å². The van der Waals surface area contributed by atoms with Crippen molar-refractivity contribution < 1.29 is 22.0 Å². The molecule has 0 atom stereocenters. The lowest BCUT2D eigenvalue weighted by Crippen LogP contribution is -2.33. The minimum absolute atomic E-state index is 0.0436. The molecule has 0 aromatic heterocycles. The summed E-state index contributed by atoms with van der Waals surface area (Å²) in [5.41, 5.74) is 0. The van der Waals surface area contributed by atoms with Gasteiger partial charge in [0.05, 0.1) is 13.0 Å². The maximum absolute atomic E-state index is 11.9. The first-order chi connectivity index (χ1) is 6.35. The molecule has 0 N–H and O–H groups in total. The molecule has 7 heteroatoms. The van der Waals surface area contributed by atoms with Gasteiger partial charge in [-0.3, -0.25) is 4.90 Å². The molecule has 0 fully saturated rings. The van der Waals surface area contributed by atoms with Gasteiger partial charge in [0.25, 0.3) is 6.43 Å². The minimum atomic E-state index is -4.31. The van der Waals surface area contributed by atoms with E-state index in [0.717, 1.165) is 4.90 Å². The highest BCUT2D eigenvalue weighted by molar-refractivity contribution is 6.18. The van der Waals surface area contributed by atoms with Gasteiger partial charge in [-0.05, 0) is 0 Å². The molecule has 0 saturated carbocycles. The van der Waals surface area contributed by atoms with Crippen molar-refractivity contribution in [3.05, 3.63) is 0 Å². The van der Waals surface area contributed by atoms with Gasteiger partial charge in [0, 0.05) is 19.0 Å². The first-order valence-electron chi connectivity index (χ1n) is 3.98. The molecule has 0 heterocycles. The summed E-state index contributed by atoms with van der Waals surface area (Å²) in [5.74, 6) is 0.0462. The van der Waals surface area contributed by atoms with Gasteiger partial charge in [-0.25, -0.2) is 8.78 Å². The summed E-state index contributed by atoms with van der Waals surface area (Å²) in [7, 11) is 0. The lowest BCUT2D eigenvalue weighted by atomic mass is 10.3. The first-order valence-corrected chi connectivity index (χ1v) is 4.52. The fourth-order valence-corrected chi connectivity index (χ4v) is 1.13. The molecule has 0 saturated heterocycles. The van der Waals surface area contributed by atoms with Crippen LogP contribution >= 0.6 is 11.6 Å². The number of alkyl halides is 6. The SMILES string of the molecule is FC(F)CN(CCCl)CCC(F)(F)F. The quantitative estimate of drug-likeness (QED) is 0.509. The van der Waals surface area contributed by atoms with Gasteiger partial charge in [0.2, 0.25) is 0 Å². The number of hydrogen-bond acceptors (Lipinski definition) is 1. The van der Waals surface area contributed by atoms with E-state index < -0.39 is 32.1 Å². The van der Waals surface area contributed by atoms with Gasteiger partial charge < -0.3 is 0 Å². The average molecular weight is 240 g/mol. The third-order valence-electron chi connectivity index (χ3n) is 1.51. The van der Waals surface area contributed by atoms with E-state index in [-0.39, 0.29) is 12.4 Å². The number of nitrogens with zero attached hydrogens (tertiary/aromatic N) is 1. The Bertz CT molecular complexity index is 150. The van der Waals surface area contributed by atoms with E-state index in [1.54, 1.807) is 0 Å². The molecule has 0 radical (unpaired) electrons. The Labute approximate surface area is 83.8 Å². The lowest BCUT2D eigenvalue weighted by molar-refractivity contribution is -0.138. The molecule has 0 spiro atoms. The van der Waals surface area contributed by atoms with Crippen LogP contribution in [0.5, 0.6) is 0 Å². The van der Waals surface area contributed by atoms with Crippen LogP contribution in [0.2, 0.25) is 0 Å². The van der Waals surface area contributed by atoms with E-state index in [9.17, 15) is 22.0 Å². The Morgan fingerprint density at radius 2 is 1.71 bits per heavy atom. The molecule has 86 valence electrons. The predicted octanol–water partition coefficient (Wildman–Crippen LogP) is 2.74.